The molecule has 5 nitrogen and oxygen atoms in total. The van der Waals surface area contributed by atoms with Crippen LogP contribution in [-0.4, -0.2) is 22.6 Å². The predicted molar refractivity (Wildman–Crippen MR) is 90.4 cm³/mol. The molecule has 0 radical (unpaired) electrons. The highest BCUT2D eigenvalue weighted by molar-refractivity contribution is 6.00. The average molecular weight is 306 g/mol. The number of hydrogen-bond acceptors (Lipinski definition) is 3. The average Bonchev–Trinajstić information content (AvgIpc) is 3.03. The lowest BCUT2D eigenvalue weighted by Crippen LogP contribution is -2.23. The Morgan fingerprint density at radius 1 is 1.17 bits per heavy atom. The SMILES string of the molecule is NCCc1ccc(C2CC(=O)Nc3ccc4cn[nH]c4c32)cc1. The fraction of sp³-hybridized carbons (Fsp3) is 0.222. The molecule has 1 aromatic heterocycles. The summed E-state index contributed by atoms with van der Waals surface area (Å²) in [7, 11) is 0. The van der Waals surface area contributed by atoms with Gasteiger partial charge in [-0.3, -0.25) is 9.89 Å². The van der Waals surface area contributed by atoms with E-state index in [1.807, 2.05) is 18.3 Å². The van der Waals surface area contributed by atoms with Crippen LogP contribution in [0.4, 0.5) is 5.69 Å². The van der Waals surface area contributed by atoms with Gasteiger partial charge in [0, 0.05) is 29.0 Å². The smallest absolute Gasteiger partial charge is 0.225 e. The van der Waals surface area contributed by atoms with Crippen molar-refractivity contribution in [3.8, 4) is 0 Å². The first kappa shape index (κ1) is 14.0. The molecule has 0 saturated carbocycles. The molecule has 23 heavy (non-hydrogen) atoms. The van der Waals surface area contributed by atoms with Crippen molar-refractivity contribution in [1.82, 2.24) is 10.2 Å². The molecule has 0 bridgehead atoms. The van der Waals surface area contributed by atoms with E-state index in [0.29, 0.717) is 13.0 Å². The number of aromatic nitrogens is 2. The number of H-pyrrole nitrogens is 1. The van der Waals surface area contributed by atoms with E-state index in [1.165, 1.54) is 5.56 Å². The number of hydrogen-bond donors (Lipinski definition) is 3. The first-order chi connectivity index (χ1) is 11.3. The number of nitrogens with zero attached hydrogens (tertiary/aromatic N) is 1. The third-order valence-electron chi connectivity index (χ3n) is 4.48. The van der Waals surface area contributed by atoms with Gasteiger partial charge in [-0.25, -0.2) is 0 Å². The fourth-order valence-electron chi connectivity index (χ4n) is 3.36. The van der Waals surface area contributed by atoms with Gasteiger partial charge in [-0.2, -0.15) is 5.10 Å². The zero-order chi connectivity index (χ0) is 15.8. The number of nitrogens with one attached hydrogen (secondary N) is 2. The minimum Gasteiger partial charge on any atom is -0.330 e. The van der Waals surface area contributed by atoms with Crippen molar-refractivity contribution >= 4 is 22.5 Å². The number of benzene rings is 2. The van der Waals surface area contributed by atoms with Crippen LogP contribution >= 0.6 is 0 Å². The molecule has 1 atom stereocenters. The van der Waals surface area contributed by atoms with Crippen LogP contribution < -0.4 is 11.1 Å². The van der Waals surface area contributed by atoms with Crippen molar-refractivity contribution in [2.24, 2.45) is 5.73 Å². The van der Waals surface area contributed by atoms with Gasteiger partial charge >= 0.3 is 0 Å². The summed E-state index contributed by atoms with van der Waals surface area (Å²) < 4.78 is 0. The minimum absolute atomic E-state index is 0.0369. The lowest BCUT2D eigenvalue weighted by Gasteiger charge is -2.26. The lowest BCUT2D eigenvalue weighted by molar-refractivity contribution is -0.116. The molecule has 4 rings (SSSR count). The number of anilines is 1. The van der Waals surface area contributed by atoms with Gasteiger partial charge in [-0.15, -0.1) is 0 Å². The molecule has 0 fully saturated rings. The molecule has 2 aromatic carbocycles. The van der Waals surface area contributed by atoms with Crippen LogP contribution in [0.2, 0.25) is 0 Å². The zero-order valence-corrected chi connectivity index (χ0v) is 12.7. The van der Waals surface area contributed by atoms with Crippen LogP contribution in [0.25, 0.3) is 10.9 Å². The van der Waals surface area contributed by atoms with Gasteiger partial charge in [0.05, 0.1) is 11.7 Å². The standard InChI is InChI=1S/C18H18N4O/c19-8-7-11-1-3-12(4-2-11)14-9-16(23)21-15-6-5-13-10-20-22-18(13)17(14)15/h1-6,10,14H,7-9,19H2,(H,20,22)(H,21,23). The van der Waals surface area contributed by atoms with E-state index in [1.54, 1.807) is 0 Å². The maximum atomic E-state index is 12.1. The Labute approximate surface area is 133 Å². The van der Waals surface area contributed by atoms with Crippen molar-refractivity contribution in [3.05, 3.63) is 59.3 Å². The maximum Gasteiger partial charge on any atom is 0.225 e. The van der Waals surface area contributed by atoms with Crippen molar-refractivity contribution in [2.75, 3.05) is 11.9 Å². The van der Waals surface area contributed by atoms with Crippen LogP contribution in [-0.2, 0) is 11.2 Å². The van der Waals surface area contributed by atoms with E-state index in [-0.39, 0.29) is 11.8 Å². The number of aromatic amines is 1. The van der Waals surface area contributed by atoms with Crippen LogP contribution in [0.1, 0.15) is 29.0 Å². The van der Waals surface area contributed by atoms with Crippen molar-refractivity contribution in [2.45, 2.75) is 18.8 Å². The second-order valence-corrected chi connectivity index (χ2v) is 5.95. The lowest BCUT2D eigenvalue weighted by atomic mass is 9.83. The Bertz CT molecular complexity index is 866. The summed E-state index contributed by atoms with van der Waals surface area (Å²) in [6, 6.07) is 12.3. The Balaban J connectivity index is 1.83. The first-order valence-electron chi connectivity index (χ1n) is 7.81. The van der Waals surface area contributed by atoms with Crippen LogP contribution in [0, 0.1) is 0 Å². The van der Waals surface area contributed by atoms with Gasteiger partial charge in [-0.05, 0) is 36.2 Å². The first-order valence-corrected chi connectivity index (χ1v) is 7.81. The largest absolute Gasteiger partial charge is 0.330 e. The van der Waals surface area contributed by atoms with E-state index in [0.717, 1.165) is 34.1 Å². The quantitative estimate of drug-likeness (QED) is 0.695. The molecule has 0 spiro atoms. The summed E-state index contributed by atoms with van der Waals surface area (Å²) >= 11 is 0. The Kier molecular flexibility index (Phi) is 3.35. The van der Waals surface area contributed by atoms with Crippen molar-refractivity contribution < 1.29 is 4.79 Å². The Morgan fingerprint density at radius 3 is 2.78 bits per heavy atom. The molecule has 1 amide bonds. The monoisotopic (exact) mass is 306 g/mol. The van der Waals surface area contributed by atoms with Gasteiger partial charge in [0.15, 0.2) is 0 Å². The Morgan fingerprint density at radius 2 is 2.00 bits per heavy atom. The molecule has 1 unspecified atom stereocenters. The van der Waals surface area contributed by atoms with E-state index in [9.17, 15) is 4.79 Å². The molecular weight excluding hydrogens is 288 g/mol. The predicted octanol–water partition coefficient (Wildman–Crippen LogP) is 2.54. The fourth-order valence-corrected chi connectivity index (χ4v) is 3.36. The second kappa shape index (κ2) is 5.52. The summed E-state index contributed by atoms with van der Waals surface area (Å²) in [4.78, 5) is 12.1. The molecule has 2 heterocycles. The summed E-state index contributed by atoms with van der Waals surface area (Å²) in [5.74, 6) is 0.0854. The number of nitrogens with two attached hydrogens (primary N) is 1. The molecule has 0 saturated heterocycles. The second-order valence-electron chi connectivity index (χ2n) is 5.95. The van der Waals surface area contributed by atoms with Crippen LogP contribution in [0.5, 0.6) is 0 Å². The van der Waals surface area contributed by atoms with Crippen LogP contribution in [0.3, 0.4) is 0 Å². The van der Waals surface area contributed by atoms with E-state index in [4.69, 9.17) is 5.73 Å². The minimum atomic E-state index is 0.0369. The number of carbonyl (C=O) groups excluding carboxylic acids is 1. The number of amides is 1. The van der Waals surface area contributed by atoms with E-state index in [2.05, 4.69) is 39.8 Å². The van der Waals surface area contributed by atoms with E-state index < -0.39 is 0 Å². The molecule has 1 aliphatic heterocycles. The molecular formula is C18H18N4O. The topological polar surface area (TPSA) is 83.8 Å². The third-order valence-corrected chi connectivity index (χ3v) is 4.48. The molecule has 3 aromatic rings. The summed E-state index contributed by atoms with van der Waals surface area (Å²) in [6.07, 6.45) is 3.13. The van der Waals surface area contributed by atoms with Gasteiger partial charge in [0.25, 0.3) is 0 Å². The molecule has 5 heteroatoms. The molecule has 1 aliphatic rings. The van der Waals surface area contributed by atoms with Crippen molar-refractivity contribution in [3.63, 3.8) is 0 Å². The van der Waals surface area contributed by atoms with Gasteiger partial charge in [-0.1, -0.05) is 24.3 Å². The van der Waals surface area contributed by atoms with E-state index >= 15 is 0 Å². The highest BCUT2D eigenvalue weighted by Gasteiger charge is 2.28. The summed E-state index contributed by atoms with van der Waals surface area (Å²) in [5.41, 5.74) is 11.0. The molecule has 0 aliphatic carbocycles. The third kappa shape index (κ3) is 2.39. The van der Waals surface area contributed by atoms with Gasteiger partial charge in [0.2, 0.25) is 5.91 Å². The Hall–Kier alpha value is -2.66. The molecule has 4 N–H and O–H groups in total. The zero-order valence-electron chi connectivity index (χ0n) is 12.7. The highest BCUT2D eigenvalue weighted by Crippen LogP contribution is 2.40. The van der Waals surface area contributed by atoms with Crippen molar-refractivity contribution in [1.29, 1.82) is 0 Å². The highest BCUT2D eigenvalue weighted by atomic mass is 16.1. The number of carbonyl (C=O) groups is 1. The maximum absolute atomic E-state index is 12.1. The molecule has 116 valence electrons. The number of rotatable bonds is 3. The summed E-state index contributed by atoms with van der Waals surface area (Å²) in [6.45, 7) is 0.642. The summed E-state index contributed by atoms with van der Waals surface area (Å²) in [5, 5.41) is 11.2. The number of fused-ring (bicyclic) bond motifs is 3. The van der Waals surface area contributed by atoms with Crippen LogP contribution in [0.15, 0.2) is 42.6 Å². The normalized spacial score (nSPS) is 17.1. The van der Waals surface area contributed by atoms with Gasteiger partial charge < -0.3 is 11.1 Å². The van der Waals surface area contributed by atoms with Gasteiger partial charge in [0.1, 0.15) is 0 Å².